The van der Waals surface area contributed by atoms with Gasteiger partial charge in [0.05, 0.1) is 13.0 Å². The average Bonchev–Trinajstić information content (AvgIpc) is 3.01. The maximum atomic E-state index is 11.0. The molecule has 0 atom stereocenters. The highest BCUT2D eigenvalue weighted by Crippen LogP contribution is 2.19. The molecular weight excluding hydrogens is 348 g/mol. The second kappa shape index (κ2) is 8.76. The number of nitrogens with zero attached hydrogens (tertiary/aromatic N) is 1. The van der Waals surface area contributed by atoms with Crippen molar-refractivity contribution in [1.82, 2.24) is 4.98 Å². The predicted octanol–water partition coefficient (Wildman–Crippen LogP) is 3.66. The lowest BCUT2D eigenvalue weighted by Crippen LogP contribution is -2.36. The molecule has 0 aliphatic carbocycles. The number of carboxylic acids is 1. The largest absolute Gasteiger partial charge is 0.493 e. The van der Waals surface area contributed by atoms with Crippen LogP contribution in [0.4, 0.5) is 0 Å². The molecule has 136 valence electrons. The molecule has 0 saturated heterocycles. The van der Waals surface area contributed by atoms with Gasteiger partial charge in [-0.05, 0) is 48.0 Å². The number of carbonyl (C=O) groups is 1. The molecule has 2 aromatic carbocycles. The van der Waals surface area contributed by atoms with Gasteiger partial charge in [0.2, 0.25) is 0 Å². The van der Waals surface area contributed by atoms with E-state index in [4.69, 9.17) is 9.84 Å². The Morgan fingerprint density at radius 3 is 2.69 bits per heavy atom. The average molecular weight is 371 g/mol. The number of rotatable bonds is 9. The Morgan fingerprint density at radius 2 is 1.96 bits per heavy atom. The van der Waals surface area contributed by atoms with Crippen molar-refractivity contribution in [1.29, 1.82) is 0 Å². The number of hydrogen-bond acceptors (Lipinski definition) is 3. The highest BCUT2D eigenvalue weighted by molar-refractivity contribution is 7.99. The molecule has 3 rings (SSSR count). The van der Waals surface area contributed by atoms with Crippen LogP contribution < -0.4 is 9.30 Å². The van der Waals surface area contributed by atoms with E-state index in [1.54, 1.807) is 11.8 Å². The quantitative estimate of drug-likeness (QED) is 0.342. The fraction of sp³-hybridized carbons (Fsp3) is 0.300. The fourth-order valence-corrected chi connectivity index (χ4v) is 3.66. The van der Waals surface area contributed by atoms with Gasteiger partial charge in [0.15, 0.2) is 11.0 Å². The SMILES string of the molecule is CCc1ccc(OCCSc2[nH]c3ccccc3[n+]2CCC(=O)O)cc1. The third kappa shape index (κ3) is 4.58. The summed E-state index contributed by atoms with van der Waals surface area (Å²) >= 11 is 1.64. The van der Waals surface area contributed by atoms with E-state index in [9.17, 15) is 4.79 Å². The summed E-state index contributed by atoms with van der Waals surface area (Å²) < 4.78 is 7.83. The standard InChI is InChI=1S/C20H22N2O3S/c1-2-15-7-9-16(10-8-15)25-13-14-26-20-21-17-5-3-4-6-18(17)22(20)12-11-19(23)24/h3-10H,2,11-14H2,1H3,(H,23,24)/p+1. The van der Waals surface area contributed by atoms with Crippen LogP contribution in [0.2, 0.25) is 0 Å². The van der Waals surface area contributed by atoms with E-state index in [0.717, 1.165) is 34.1 Å². The molecule has 6 heteroatoms. The highest BCUT2D eigenvalue weighted by atomic mass is 32.2. The van der Waals surface area contributed by atoms with Gasteiger partial charge in [-0.2, -0.15) is 0 Å². The summed E-state index contributed by atoms with van der Waals surface area (Å²) in [5, 5.41) is 9.96. The normalized spacial score (nSPS) is 11.0. The van der Waals surface area contributed by atoms with Gasteiger partial charge in [-0.25, -0.2) is 9.55 Å². The van der Waals surface area contributed by atoms with Crippen LogP contribution in [0, 0.1) is 0 Å². The monoisotopic (exact) mass is 371 g/mol. The van der Waals surface area contributed by atoms with Crippen molar-refractivity contribution in [3.05, 3.63) is 54.1 Å². The van der Waals surface area contributed by atoms with Gasteiger partial charge in [-0.3, -0.25) is 4.79 Å². The first-order chi connectivity index (χ1) is 12.7. The van der Waals surface area contributed by atoms with E-state index < -0.39 is 5.97 Å². The lowest BCUT2D eigenvalue weighted by Gasteiger charge is -2.06. The molecule has 0 aliphatic rings. The van der Waals surface area contributed by atoms with Crippen LogP contribution in [-0.2, 0) is 17.8 Å². The van der Waals surface area contributed by atoms with Gasteiger partial charge in [-0.15, -0.1) is 0 Å². The topological polar surface area (TPSA) is 66.2 Å². The Balaban J connectivity index is 1.62. The molecule has 3 aromatic rings. The maximum absolute atomic E-state index is 11.0. The zero-order valence-corrected chi connectivity index (χ0v) is 15.6. The molecule has 5 nitrogen and oxygen atoms in total. The number of aryl methyl sites for hydroxylation is 2. The second-order valence-corrected chi connectivity index (χ2v) is 7.02. The number of H-pyrrole nitrogens is 1. The zero-order chi connectivity index (χ0) is 18.4. The van der Waals surface area contributed by atoms with E-state index in [1.807, 2.05) is 41.0 Å². The van der Waals surface area contributed by atoms with Crippen LogP contribution in [0.1, 0.15) is 18.9 Å². The lowest BCUT2D eigenvalue weighted by molar-refractivity contribution is -0.707. The predicted molar refractivity (Wildman–Crippen MR) is 103 cm³/mol. The fourth-order valence-electron chi connectivity index (χ4n) is 2.77. The van der Waals surface area contributed by atoms with Gasteiger partial charge in [0, 0.05) is 5.75 Å². The number of aromatic nitrogens is 2. The molecule has 0 unspecified atom stereocenters. The zero-order valence-electron chi connectivity index (χ0n) is 14.8. The molecule has 0 spiro atoms. The van der Waals surface area contributed by atoms with Gasteiger partial charge < -0.3 is 9.84 Å². The molecule has 0 aliphatic heterocycles. The van der Waals surface area contributed by atoms with E-state index in [0.29, 0.717) is 13.2 Å². The van der Waals surface area contributed by atoms with E-state index in [-0.39, 0.29) is 6.42 Å². The molecule has 26 heavy (non-hydrogen) atoms. The molecule has 0 amide bonds. The minimum absolute atomic E-state index is 0.0976. The van der Waals surface area contributed by atoms with Gasteiger partial charge in [0.1, 0.15) is 12.3 Å². The number of aliphatic carboxylic acids is 1. The first-order valence-corrected chi connectivity index (χ1v) is 9.73. The number of aromatic amines is 1. The Hall–Kier alpha value is -2.47. The molecule has 0 bridgehead atoms. The Labute approximate surface area is 157 Å². The number of fused-ring (bicyclic) bond motifs is 1. The van der Waals surface area contributed by atoms with Crippen LogP contribution in [-0.4, -0.2) is 28.4 Å². The van der Waals surface area contributed by atoms with Crippen LogP contribution in [0.15, 0.2) is 53.7 Å². The molecule has 0 saturated carbocycles. The number of hydrogen-bond donors (Lipinski definition) is 2. The number of nitrogens with one attached hydrogen (secondary N) is 1. The summed E-state index contributed by atoms with van der Waals surface area (Å²) in [4.78, 5) is 14.3. The van der Waals surface area contributed by atoms with Crippen LogP contribution in [0.5, 0.6) is 5.75 Å². The molecule has 1 aromatic heterocycles. The summed E-state index contributed by atoms with van der Waals surface area (Å²) in [5.41, 5.74) is 3.33. The summed E-state index contributed by atoms with van der Waals surface area (Å²) in [6, 6.07) is 16.1. The summed E-state index contributed by atoms with van der Waals surface area (Å²) in [6.45, 7) is 3.16. The Morgan fingerprint density at radius 1 is 1.19 bits per heavy atom. The minimum atomic E-state index is -0.794. The molecule has 1 heterocycles. The smallest absolute Gasteiger partial charge is 0.316 e. The van der Waals surface area contributed by atoms with Crippen molar-refractivity contribution in [3.63, 3.8) is 0 Å². The Bertz CT molecular complexity index is 874. The van der Waals surface area contributed by atoms with E-state index >= 15 is 0 Å². The van der Waals surface area contributed by atoms with Crippen molar-refractivity contribution >= 4 is 28.8 Å². The number of thioether (sulfide) groups is 1. The number of carboxylic acid groups (broad SMARTS) is 1. The number of imidazole rings is 1. The first-order valence-electron chi connectivity index (χ1n) is 8.74. The van der Waals surface area contributed by atoms with Crippen molar-refractivity contribution in [3.8, 4) is 5.75 Å². The number of benzene rings is 2. The lowest BCUT2D eigenvalue weighted by atomic mass is 10.2. The van der Waals surface area contributed by atoms with Crippen molar-refractivity contribution in [2.45, 2.75) is 31.5 Å². The summed E-state index contributed by atoms with van der Waals surface area (Å²) in [7, 11) is 0. The van der Waals surface area contributed by atoms with Crippen LogP contribution in [0.3, 0.4) is 0 Å². The molecule has 2 N–H and O–H groups in total. The van der Waals surface area contributed by atoms with E-state index in [1.165, 1.54) is 5.56 Å². The molecule has 0 radical (unpaired) electrons. The van der Waals surface area contributed by atoms with Gasteiger partial charge in [0.25, 0.3) is 0 Å². The number of para-hydroxylation sites is 2. The van der Waals surface area contributed by atoms with Gasteiger partial charge >= 0.3 is 11.1 Å². The second-order valence-electron chi connectivity index (χ2n) is 5.94. The van der Waals surface area contributed by atoms with Gasteiger partial charge in [-0.1, -0.05) is 31.2 Å². The molecule has 0 fully saturated rings. The van der Waals surface area contributed by atoms with Crippen molar-refractivity contribution in [2.75, 3.05) is 12.4 Å². The highest BCUT2D eigenvalue weighted by Gasteiger charge is 2.19. The third-order valence-electron chi connectivity index (χ3n) is 4.15. The van der Waals surface area contributed by atoms with E-state index in [2.05, 4.69) is 24.0 Å². The number of ether oxygens (including phenoxy) is 1. The van der Waals surface area contributed by atoms with Crippen LogP contribution >= 0.6 is 11.8 Å². The maximum Gasteiger partial charge on any atom is 0.316 e. The van der Waals surface area contributed by atoms with Crippen molar-refractivity contribution in [2.24, 2.45) is 0 Å². The Kier molecular flexibility index (Phi) is 6.17. The first kappa shape index (κ1) is 18.3. The molecular formula is C20H23N2O3S+. The van der Waals surface area contributed by atoms with Crippen LogP contribution in [0.25, 0.3) is 11.0 Å². The summed E-state index contributed by atoms with van der Waals surface area (Å²) in [6.07, 6.45) is 1.12. The minimum Gasteiger partial charge on any atom is -0.493 e. The summed E-state index contributed by atoms with van der Waals surface area (Å²) in [5.74, 6) is 0.853. The third-order valence-corrected chi connectivity index (χ3v) is 5.12. The van der Waals surface area contributed by atoms with Crippen molar-refractivity contribution < 1.29 is 19.2 Å².